The first-order valence-corrected chi connectivity index (χ1v) is 6.92. The van der Waals surface area contributed by atoms with Gasteiger partial charge < -0.3 is 20.2 Å². The SMILES string of the molecule is COC(=O)c1c(NC(=O)CCn2nc([N+](=O)[O-])cc2C)cnn1C. The Balaban J connectivity index is 2.02. The number of nitro groups is 1. The maximum absolute atomic E-state index is 12.0. The van der Waals surface area contributed by atoms with E-state index in [9.17, 15) is 19.7 Å². The summed E-state index contributed by atoms with van der Waals surface area (Å²) in [6.07, 6.45) is 1.36. The molecule has 0 saturated carbocycles. The number of hydrogen-bond acceptors (Lipinski definition) is 7. The molecule has 0 saturated heterocycles. The number of methoxy groups -OCH3 is 1. The number of esters is 1. The number of amides is 1. The fourth-order valence-electron chi connectivity index (χ4n) is 2.10. The highest BCUT2D eigenvalue weighted by Crippen LogP contribution is 2.16. The summed E-state index contributed by atoms with van der Waals surface area (Å²) in [5, 5.41) is 20.9. The van der Waals surface area contributed by atoms with Crippen molar-refractivity contribution in [2.75, 3.05) is 12.4 Å². The Morgan fingerprint density at radius 2 is 2.17 bits per heavy atom. The normalized spacial score (nSPS) is 10.5. The van der Waals surface area contributed by atoms with Crippen molar-refractivity contribution in [3.63, 3.8) is 0 Å². The first-order chi connectivity index (χ1) is 11.3. The van der Waals surface area contributed by atoms with Gasteiger partial charge in [0.05, 0.1) is 42.4 Å². The quantitative estimate of drug-likeness (QED) is 0.465. The molecule has 0 fully saturated rings. The molecule has 128 valence electrons. The van der Waals surface area contributed by atoms with Gasteiger partial charge >= 0.3 is 11.8 Å². The third kappa shape index (κ3) is 3.56. The lowest BCUT2D eigenvalue weighted by Crippen LogP contribution is -2.18. The van der Waals surface area contributed by atoms with Gasteiger partial charge in [0.2, 0.25) is 5.91 Å². The molecule has 24 heavy (non-hydrogen) atoms. The highest BCUT2D eigenvalue weighted by atomic mass is 16.6. The molecular weight excluding hydrogens is 320 g/mol. The van der Waals surface area contributed by atoms with Gasteiger partial charge in [-0.2, -0.15) is 9.78 Å². The van der Waals surface area contributed by atoms with Gasteiger partial charge in [-0.25, -0.2) is 4.79 Å². The van der Waals surface area contributed by atoms with Crippen molar-refractivity contribution in [1.29, 1.82) is 0 Å². The minimum Gasteiger partial charge on any atom is -0.464 e. The van der Waals surface area contributed by atoms with Crippen LogP contribution in [0.25, 0.3) is 0 Å². The van der Waals surface area contributed by atoms with E-state index in [1.54, 1.807) is 14.0 Å². The number of rotatable bonds is 6. The molecule has 2 aromatic heterocycles. The highest BCUT2D eigenvalue weighted by molar-refractivity contribution is 5.99. The molecule has 2 rings (SSSR count). The smallest absolute Gasteiger partial charge is 0.390 e. The molecule has 0 radical (unpaired) electrons. The predicted molar refractivity (Wildman–Crippen MR) is 81.4 cm³/mol. The Bertz CT molecular complexity index is 793. The van der Waals surface area contributed by atoms with Crippen molar-refractivity contribution < 1.29 is 19.2 Å². The number of carbonyl (C=O) groups excluding carboxylic acids is 2. The van der Waals surface area contributed by atoms with Crippen LogP contribution >= 0.6 is 0 Å². The molecule has 0 aliphatic rings. The molecule has 0 aliphatic carbocycles. The zero-order chi connectivity index (χ0) is 17.9. The summed E-state index contributed by atoms with van der Waals surface area (Å²) in [6, 6.07) is 1.33. The fraction of sp³-hybridized carbons (Fsp3) is 0.385. The minimum absolute atomic E-state index is 0.0230. The number of nitrogens with zero attached hydrogens (tertiary/aromatic N) is 5. The average molecular weight is 336 g/mol. The van der Waals surface area contributed by atoms with E-state index in [0.717, 1.165) is 0 Å². The molecule has 1 N–H and O–H groups in total. The Kier molecular flexibility index (Phi) is 4.92. The van der Waals surface area contributed by atoms with E-state index < -0.39 is 10.9 Å². The Morgan fingerprint density at radius 3 is 2.75 bits per heavy atom. The molecule has 0 atom stereocenters. The molecule has 0 spiro atoms. The van der Waals surface area contributed by atoms with Gasteiger partial charge in [0.15, 0.2) is 5.69 Å². The maximum atomic E-state index is 12.0. The van der Waals surface area contributed by atoms with Gasteiger partial charge in [-0.05, 0) is 11.8 Å². The molecule has 1 amide bonds. The van der Waals surface area contributed by atoms with Gasteiger partial charge in [-0.3, -0.25) is 9.48 Å². The van der Waals surface area contributed by atoms with E-state index in [-0.39, 0.29) is 36.1 Å². The number of anilines is 1. The van der Waals surface area contributed by atoms with Crippen molar-refractivity contribution in [2.24, 2.45) is 7.05 Å². The lowest BCUT2D eigenvalue weighted by Gasteiger charge is -2.06. The van der Waals surface area contributed by atoms with Crippen molar-refractivity contribution >= 4 is 23.4 Å². The summed E-state index contributed by atoms with van der Waals surface area (Å²) in [5.41, 5.74) is 0.931. The van der Waals surface area contributed by atoms with Crippen LogP contribution in [0.4, 0.5) is 11.5 Å². The van der Waals surface area contributed by atoms with Gasteiger partial charge in [-0.15, -0.1) is 0 Å². The largest absolute Gasteiger partial charge is 0.464 e. The molecule has 0 aromatic carbocycles. The molecule has 11 heteroatoms. The van der Waals surface area contributed by atoms with Crippen LogP contribution in [0.5, 0.6) is 0 Å². The molecule has 2 aromatic rings. The molecule has 2 heterocycles. The maximum Gasteiger partial charge on any atom is 0.390 e. The van der Waals surface area contributed by atoms with Crippen LogP contribution in [0.2, 0.25) is 0 Å². The number of hydrogen-bond donors (Lipinski definition) is 1. The van der Waals surface area contributed by atoms with Gasteiger partial charge in [0.1, 0.15) is 0 Å². The summed E-state index contributed by atoms with van der Waals surface area (Å²) in [5.74, 6) is -1.28. The van der Waals surface area contributed by atoms with Gasteiger partial charge in [-0.1, -0.05) is 0 Å². The summed E-state index contributed by atoms with van der Waals surface area (Å²) in [4.78, 5) is 33.8. The number of ether oxygens (including phenoxy) is 1. The Hall–Kier alpha value is -3.24. The third-order valence-corrected chi connectivity index (χ3v) is 3.30. The second-order valence-electron chi connectivity index (χ2n) is 4.94. The van der Waals surface area contributed by atoms with E-state index in [1.165, 1.54) is 28.7 Å². The van der Waals surface area contributed by atoms with Crippen LogP contribution in [-0.4, -0.2) is 43.5 Å². The number of aryl methyl sites for hydroxylation is 3. The average Bonchev–Trinajstić information content (AvgIpc) is 3.08. The first kappa shape index (κ1) is 17.1. The monoisotopic (exact) mass is 336 g/mol. The minimum atomic E-state index is -0.621. The zero-order valence-electron chi connectivity index (χ0n) is 13.3. The van der Waals surface area contributed by atoms with E-state index in [0.29, 0.717) is 5.69 Å². The summed E-state index contributed by atoms with van der Waals surface area (Å²) in [6.45, 7) is 1.83. The summed E-state index contributed by atoms with van der Waals surface area (Å²) >= 11 is 0. The molecular formula is C13H16N6O5. The summed E-state index contributed by atoms with van der Waals surface area (Å²) < 4.78 is 7.31. The lowest BCUT2D eigenvalue weighted by molar-refractivity contribution is -0.389. The van der Waals surface area contributed by atoms with E-state index >= 15 is 0 Å². The Labute approximate surface area is 136 Å². The van der Waals surface area contributed by atoms with Gasteiger partial charge in [0, 0.05) is 13.5 Å². The van der Waals surface area contributed by atoms with Crippen LogP contribution < -0.4 is 5.32 Å². The summed E-state index contributed by atoms with van der Waals surface area (Å²) in [7, 11) is 2.78. The van der Waals surface area contributed by atoms with Crippen LogP contribution in [0.3, 0.4) is 0 Å². The number of nitrogens with one attached hydrogen (secondary N) is 1. The standard InChI is InChI=1S/C13H16N6O5/c1-8-6-10(19(22)23)16-18(8)5-4-11(20)15-9-7-14-17(2)12(9)13(21)24-3/h6-7H,4-5H2,1-3H3,(H,15,20). The van der Waals surface area contributed by atoms with E-state index in [1.807, 2.05) is 0 Å². The second-order valence-corrected chi connectivity index (χ2v) is 4.94. The zero-order valence-corrected chi connectivity index (χ0v) is 13.3. The second kappa shape index (κ2) is 6.89. The van der Waals surface area contributed by atoms with Crippen LogP contribution in [0.1, 0.15) is 22.6 Å². The molecule has 11 nitrogen and oxygen atoms in total. The van der Waals surface area contributed by atoms with Gasteiger partial charge in [0.25, 0.3) is 0 Å². The van der Waals surface area contributed by atoms with Crippen LogP contribution in [0.15, 0.2) is 12.3 Å². The number of aromatic nitrogens is 4. The number of carbonyl (C=O) groups is 2. The third-order valence-electron chi connectivity index (χ3n) is 3.30. The molecule has 0 aliphatic heterocycles. The van der Waals surface area contributed by atoms with Crippen molar-refractivity contribution in [3.05, 3.63) is 33.8 Å². The highest BCUT2D eigenvalue weighted by Gasteiger charge is 2.20. The first-order valence-electron chi connectivity index (χ1n) is 6.92. The predicted octanol–water partition coefficient (Wildman–Crippen LogP) is 0.649. The van der Waals surface area contributed by atoms with Crippen LogP contribution in [0, 0.1) is 17.0 Å². The van der Waals surface area contributed by atoms with E-state index in [2.05, 4.69) is 20.3 Å². The molecule has 0 bridgehead atoms. The van der Waals surface area contributed by atoms with Crippen LogP contribution in [-0.2, 0) is 23.1 Å². The fourth-order valence-corrected chi connectivity index (χ4v) is 2.10. The Morgan fingerprint density at radius 1 is 1.46 bits per heavy atom. The lowest BCUT2D eigenvalue weighted by atomic mass is 10.3. The molecule has 0 unspecified atom stereocenters. The van der Waals surface area contributed by atoms with Crippen molar-refractivity contribution in [3.8, 4) is 0 Å². The van der Waals surface area contributed by atoms with Crippen molar-refractivity contribution in [1.82, 2.24) is 19.6 Å². The van der Waals surface area contributed by atoms with Crippen molar-refractivity contribution in [2.45, 2.75) is 19.9 Å². The topological polar surface area (TPSA) is 134 Å². The van der Waals surface area contributed by atoms with E-state index in [4.69, 9.17) is 0 Å².